The summed E-state index contributed by atoms with van der Waals surface area (Å²) >= 11 is 1.24. The lowest BCUT2D eigenvalue weighted by Gasteiger charge is -1.89. The van der Waals surface area contributed by atoms with Crippen LogP contribution in [0.5, 0.6) is 0 Å². The minimum absolute atomic E-state index is 0.204. The van der Waals surface area contributed by atoms with Crippen molar-refractivity contribution in [2.45, 2.75) is 0 Å². The zero-order valence-electron chi connectivity index (χ0n) is 8.51. The Morgan fingerprint density at radius 3 is 3.00 bits per heavy atom. The summed E-state index contributed by atoms with van der Waals surface area (Å²) in [5, 5.41) is 0.581. The van der Waals surface area contributed by atoms with Crippen molar-refractivity contribution in [2.75, 3.05) is 0 Å². The van der Waals surface area contributed by atoms with Gasteiger partial charge in [0.05, 0.1) is 10.4 Å². The molecule has 0 atom stereocenters. The molecule has 0 bridgehead atoms. The first kappa shape index (κ1) is 10.2. The third-order valence-electron chi connectivity index (χ3n) is 2.36. The number of aromatic nitrogens is 1. The van der Waals surface area contributed by atoms with Crippen molar-refractivity contribution in [2.24, 2.45) is 0 Å². The maximum Gasteiger partial charge on any atom is 0.239 e. The highest BCUT2D eigenvalue weighted by molar-refractivity contribution is 7.11. The first-order chi connectivity index (χ1) is 8.24. The van der Waals surface area contributed by atoms with Crippen LogP contribution < -0.4 is 0 Å². The molecule has 2 aromatic heterocycles. The molecule has 0 amide bonds. The van der Waals surface area contributed by atoms with Crippen LogP contribution in [0.25, 0.3) is 11.0 Å². The minimum Gasteiger partial charge on any atom is -0.453 e. The van der Waals surface area contributed by atoms with E-state index in [9.17, 15) is 9.18 Å². The van der Waals surface area contributed by atoms with E-state index in [1.165, 1.54) is 35.7 Å². The maximum atomic E-state index is 13.0. The van der Waals surface area contributed by atoms with Crippen LogP contribution in [0, 0.1) is 5.82 Å². The molecule has 3 nitrogen and oxygen atoms in total. The lowest BCUT2D eigenvalue weighted by Crippen LogP contribution is -1.95. The van der Waals surface area contributed by atoms with Gasteiger partial charge in [-0.25, -0.2) is 4.39 Å². The van der Waals surface area contributed by atoms with Crippen molar-refractivity contribution in [3.63, 3.8) is 0 Å². The van der Waals surface area contributed by atoms with Crippen LogP contribution in [0.2, 0.25) is 0 Å². The zero-order valence-corrected chi connectivity index (χ0v) is 9.33. The summed E-state index contributed by atoms with van der Waals surface area (Å²) in [6.07, 6.45) is 1.49. The molecule has 0 aliphatic heterocycles. The summed E-state index contributed by atoms with van der Waals surface area (Å²) < 4.78 is 18.4. The molecule has 3 rings (SSSR count). The van der Waals surface area contributed by atoms with E-state index in [0.29, 0.717) is 15.8 Å². The molecule has 1 aromatic carbocycles. The molecule has 0 aliphatic rings. The fraction of sp³-hybridized carbons (Fsp3) is 0. The van der Waals surface area contributed by atoms with Crippen molar-refractivity contribution in [3.05, 3.63) is 52.4 Å². The number of benzene rings is 1. The first-order valence-corrected chi connectivity index (χ1v) is 5.74. The number of carbonyl (C=O) groups excluding carboxylic acids is 1. The van der Waals surface area contributed by atoms with Gasteiger partial charge in [-0.1, -0.05) is 0 Å². The number of nitrogens with zero attached hydrogens (tertiary/aromatic N) is 1. The number of ketones is 1. The maximum absolute atomic E-state index is 13.0. The summed E-state index contributed by atoms with van der Waals surface area (Å²) in [6, 6.07) is 5.68. The fourth-order valence-electron chi connectivity index (χ4n) is 1.58. The second kappa shape index (κ2) is 3.78. The standard InChI is InChI=1S/C12H6FNO2S/c13-8-1-2-9-7(3-8)4-10(16-9)12(15)11-5-14-6-17-11/h1-6H. The van der Waals surface area contributed by atoms with Crippen LogP contribution in [0.1, 0.15) is 15.4 Å². The van der Waals surface area contributed by atoms with E-state index >= 15 is 0 Å². The number of fused-ring (bicyclic) bond motifs is 1. The van der Waals surface area contributed by atoms with E-state index in [1.807, 2.05) is 0 Å². The van der Waals surface area contributed by atoms with Gasteiger partial charge >= 0.3 is 0 Å². The largest absolute Gasteiger partial charge is 0.453 e. The van der Waals surface area contributed by atoms with Crippen LogP contribution in [-0.2, 0) is 0 Å². The van der Waals surface area contributed by atoms with Gasteiger partial charge in [0.2, 0.25) is 5.78 Å². The van der Waals surface area contributed by atoms with Crippen molar-refractivity contribution in [1.29, 1.82) is 0 Å². The number of halogens is 1. The van der Waals surface area contributed by atoms with Crippen LogP contribution >= 0.6 is 11.3 Å². The van der Waals surface area contributed by atoms with Crippen LogP contribution in [0.3, 0.4) is 0 Å². The molecule has 2 heterocycles. The molecule has 0 N–H and O–H groups in total. The Hall–Kier alpha value is -2.01. The summed E-state index contributed by atoms with van der Waals surface area (Å²) in [5.74, 6) is -0.381. The molecule has 84 valence electrons. The average Bonchev–Trinajstić information content (AvgIpc) is 2.96. The lowest BCUT2D eigenvalue weighted by atomic mass is 10.2. The van der Waals surface area contributed by atoms with Gasteiger partial charge in [0.15, 0.2) is 5.76 Å². The van der Waals surface area contributed by atoms with E-state index in [2.05, 4.69) is 4.98 Å². The summed E-state index contributed by atoms with van der Waals surface area (Å²) in [5.41, 5.74) is 2.08. The van der Waals surface area contributed by atoms with Gasteiger partial charge in [-0.3, -0.25) is 9.78 Å². The molecular formula is C12H6FNO2S. The van der Waals surface area contributed by atoms with Gasteiger partial charge in [0.25, 0.3) is 0 Å². The predicted molar refractivity (Wildman–Crippen MR) is 61.7 cm³/mol. The monoisotopic (exact) mass is 247 g/mol. The Morgan fingerprint density at radius 1 is 1.35 bits per heavy atom. The molecule has 17 heavy (non-hydrogen) atoms. The molecule has 0 saturated carbocycles. The Morgan fingerprint density at radius 2 is 2.24 bits per heavy atom. The van der Waals surface area contributed by atoms with Crippen LogP contribution in [0.15, 0.2) is 40.4 Å². The Bertz CT molecular complexity index is 688. The predicted octanol–water partition coefficient (Wildman–Crippen LogP) is 3.26. The van der Waals surface area contributed by atoms with E-state index in [4.69, 9.17) is 4.42 Å². The highest BCUT2D eigenvalue weighted by Gasteiger charge is 2.16. The summed E-state index contributed by atoms with van der Waals surface area (Å²) in [7, 11) is 0. The Balaban J connectivity index is 2.09. The fourth-order valence-corrected chi connectivity index (χ4v) is 2.14. The number of rotatable bonds is 2. The van der Waals surface area contributed by atoms with Crippen LogP contribution in [-0.4, -0.2) is 10.8 Å². The third-order valence-corrected chi connectivity index (χ3v) is 3.13. The minimum atomic E-state index is -0.352. The van der Waals surface area contributed by atoms with Crippen molar-refractivity contribution in [3.8, 4) is 0 Å². The van der Waals surface area contributed by atoms with Gasteiger partial charge in [-0.05, 0) is 24.3 Å². The number of carbonyl (C=O) groups is 1. The lowest BCUT2D eigenvalue weighted by molar-refractivity contribution is 0.101. The summed E-state index contributed by atoms with van der Waals surface area (Å²) in [4.78, 5) is 16.3. The normalized spacial score (nSPS) is 10.9. The van der Waals surface area contributed by atoms with Gasteiger partial charge in [-0.15, -0.1) is 11.3 Å². The second-order valence-corrected chi connectivity index (χ2v) is 4.37. The molecule has 0 unspecified atom stereocenters. The SMILES string of the molecule is O=C(c1cc2cc(F)ccc2o1)c1cncs1. The molecule has 0 spiro atoms. The van der Waals surface area contributed by atoms with Crippen molar-refractivity contribution in [1.82, 2.24) is 4.98 Å². The van der Waals surface area contributed by atoms with E-state index in [1.54, 1.807) is 11.6 Å². The molecule has 5 heteroatoms. The molecule has 0 aliphatic carbocycles. The topological polar surface area (TPSA) is 43.1 Å². The van der Waals surface area contributed by atoms with E-state index in [-0.39, 0.29) is 17.4 Å². The molecule has 3 aromatic rings. The number of thiazole rings is 1. The second-order valence-electron chi connectivity index (χ2n) is 3.49. The first-order valence-electron chi connectivity index (χ1n) is 4.86. The molecular weight excluding hydrogens is 241 g/mol. The molecule has 0 radical (unpaired) electrons. The van der Waals surface area contributed by atoms with E-state index < -0.39 is 0 Å². The van der Waals surface area contributed by atoms with Gasteiger partial charge in [-0.2, -0.15) is 0 Å². The van der Waals surface area contributed by atoms with Gasteiger partial charge in [0.1, 0.15) is 11.4 Å². The Kier molecular flexibility index (Phi) is 2.26. The number of furan rings is 1. The number of hydrogen-bond acceptors (Lipinski definition) is 4. The highest BCUT2D eigenvalue weighted by atomic mass is 32.1. The van der Waals surface area contributed by atoms with Gasteiger partial charge in [0, 0.05) is 11.6 Å². The smallest absolute Gasteiger partial charge is 0.239 e. The Labute approximate surface area is 99.5 Å². The van der Waals surface area contributed by atoms with Crippen molar-refractivity contribution < 1.29 is 13.6 Å². The molecule has 0 fully saturated rings. The third kappa shape index (κ3) is 1.74. The zero-order chi connectivity index (χ0) is 11.8. The quantitative estimate of drug-likeness (QED) is 0.653. The van der Waals surface area contributed by atoms with Crippen molar-refractivity contribution >= 4 is 28.1 Å². The summed E-state index contributed by atoms with van der Waals surface area (Å²) in [6.45, 7) is 0. The number of hydrogen-bond donors (Lipinski definition) is 0. The highest BCUT2D eigenvalue weighted by Crippen LogP contribution is 2.23. The molecule has 0 saturated heterocycles. The van der Waals surface area contributed by atoms with E-state index in [0.717, 1.165) is 0 Å². The van der Waals surface area contributed by atoms with Gasteiger partial charge < -0.3 is 4.42 Å². The van der Waals surface area contributed by atoms with Crippen LogP contribution in [0.4, 0.5) is 4.39 Å². The average molecular weight is 247 g/mol.